The second-order valence-electron chi connectivity index (χ2n) is 5.76. The van der Waals surface area contributed by atoms with Crippen LogP contribution in [0.5, 0.6) is 0 Å². The lowest BCUT2D eigenvalue weighted by atomic mass is 9.97. The highest BCUT2D eigenvalue weighted by Gasteiger charge is 2.27. The number of aromatic nitrogens is 4. The van der Waals surface area contributed by atoms with Gasteiger partial charge >= 0.3 is 0 Å². The molecule has 0 unspecified atom stereocenters. The van der Waals surface area contributed by atoms with Gasteiger partial charge in [-0.25, -0.2) is 14.6 Å². The Morgan fingerprint density at radius 2 is 2.08 bits per heavy atom. The average Bonchev–Trinajstić information content (AvgIpc) is 3.12. The van der Waals surface area contributed by atoms with Crippen molar-refractivity contribution < 1.29 is 9.42 Å². The number of carbonyl (C=O) groups is 1. The SMILES string of the molecule is O=C(Nc1cccc2nonc12)[C@@H]1CCCN(c2ncccn2)C1. The highest BCUT2D eigenvalue weighted by atomic mass is 16.6. The van der Waals surface area contributed by atoms with Crippen molar-refractivity contribution in [3.8, 4) is 0 Å². The summed E-state index contributed by atoms with van der Waals surface area (Å²) in [5.74, 6) is 0.501. The number of amides is 1. The molecule has 1 atom stereocenters. The highest BCUT2D eigenvalue weighted by Crippen LogP contribution is 2.24. The van der Waals surface area contributed by atoms with E-state index in [2.05, 4.69) is 25.6 Å². The van der Waals surface area contributed by atoms with Gasteiger partial charge in [0, 0.05) is 25.5 Å². The van der Waals surface area contributed by atoms with Gasteiger partial charge < -0.3 is 10.2 Å². The molecule has 3 heterocycles. The van der Waals surface area contributed by atoms with Crippen LogP contribution in [0.2, 0.25) is 0 Å². The lowest BCUT2D eigenvalue weighted by molar-refractivity contribution is -0.120. The maximum absolute atomic E-state index is 12.7. The fourth-order valence-electron chi connectivity index (χ4n) is 2.97. The molecule has 1 amide bonds. The molecule has 0 aliphatic carbocycles. The molecule has 8 nitrogen and oxygen atoms in total. The first-order chi connectivity index (χ1) is 11.8. The van der Waals surface area contributed by atoms with Gasteiger partial charge in [-0.2, -0.15) is 0 Å². The number of nitrogens with one attached hydrogen (secondary N) is 1. The number of hydrogen-bond acceptors (Lipinski definition) is 7. The highest BCUT2D eigenvalue weighted by molar-refractivity contribution is 6.00. The monoisotopic (exact) mass is 324 g/mol. The zero-order chi connectivity index (χ0) is 16.4. The average molecular weight is 324 g/mol. The number of fused-ring (bicyclic) bond motifs is 1. The molecule has 1 fully saturated rings. The fourth-order valence-corrected chi connectivity index (χ4v) is 2.97. The Labute approximate surface area is 137 Å². The Balaban J connectivity index is 1.49. The Hall–Kier alpha value is -3.03. The molecular weight excluding hydrogens is 308 g/mol. The first-order valence-electron chi connectivity index (χ1n) is 7.85. The number of piperidine rings is 1. The summed E-state index contributed by atoms with van der Waals surface area (Å²) in [6.07, 6.45) is 5.18. The molecule has 2 aromatic heterocycles. The van der Waals surface area contributed by atoms with Gasteiger partial charge in [-0.15, -0.1) is 0 Å². The maximum Gasteiger partial charge on any atom is 0.229 e. The molecule has 4 rings (SSSR count). The summed E-state index contributed by atoms with van der Waals surface area (Å²) in [5.41, 5.74) is 1.80. The summed E-state index contributed by atoms with van der Waals surface area (Å²) >= 11 is 0. The Kier molecular flexibility index (Phi) is 3.78. The lowest BCUT2D eigenvalue weighted by Crippen LogP contribution is -2.41. The quantitative estimate of drug-likeness (QED) is 0.785. The van der Waals surface area contributed by atoms with Crippen molar-refractivity contribution in [3.63, 3.8) is 0 Å². The molecule has 122 valence electrons. The molecule has 24 heavy (non-hydrogen) atoms. The summed E-state index contributed by atoms with van der Waals surface area (Å²) in [6.45, 7) is 1.46. The van der Waals surface area contributed by atoms with Gasteiger partial charge in [0.2, 0.25) is 11.9 Å². The number of anilines is 2. The van der Waals surface area contributed by atoms with Gasteiger partial charge in [-0.1, -0.05) is 6.07 Å². The Bertz CT molecular complexity index is 850. The third-order valence-electron chi connectivity index (χ3n) is 4.17. The van der Waals surface area contributed by atoms with Crippen LogP contribution in [-0.4, -0.2) is 39.3 Å². The van der Waals surface area contributed by atoms with Crippen LogP contribution >= 0.6 is 0 Å². The zero-order valence-electron chi connectivity index (χ0n) is 12.9. The van der Waals surface area contributed by atoms with Gasteiger partial charge in [0.15, 0.2) is 5.52 Å². The minimum Gasteiger partial charge on any atom is -0.340 e. The summed E-state index contributed by atoms with van der Waals surface area (Å²) in [6, 6.07) is 7.18. The van der Waals surface area contributed by atoms with Crippen molar-refractivity contribution in [2.45, 2.75) is 12.8 Å². The number of rotatable bonds is 3. The molecule has 1 saturated heterocycles. The molecule has 1 aliphatic rings. The third-order valence-corrected chi connectivity index (χ3v) is 4.17. The van der Waals surface area contributed by atoms with Gasteiger partial charge in [0.05, 0.1) is 11.6 Å². The number of carbonyl (C=O) groups excluding carboxylic acids is 1. The van der Waals surface area contributed by atoms with Crippen LogP contribution < -0.4 is 10.2 Å². The van der Waals surface area contributed by atoms with E-state index >= 15 is 0 Å². The second kappa shape index (κ2) is 6.23. The van der Waals surface area contributed by atoms with Crippen LogP contribution in [0.25, 0.3) is 11.0 Å². The van der Waals surface area contributed by atoms with Crippen LogP contribution in [0.1, 0.15) is 12.8 Å². The number of benzene rings is 1. The van der Waals surface area contributed by atoms with Crippen LogP contribution in [0.4, 0.5) is 11.6 Å². The predicted octanol–water partition coefficient (Wildman–Crippen LogP) is 1.87. The summed E-state index contributed by atoms with van der Waals surface area (Å²) in [4.78, 5) is 23.2. The topological polar surface area (TPSA) is 97.0 Å². The predicted molar refractivity (Wildman–Crippen MR) is 87.4 cm³/mol. The van der Waals surface area contributed by atoms with E-state index in [4.69, 9.17) is 4.63 Å². The molecule has 1 aromatic carbocycles. The van der Waals surface area contributed by atoms with E-state index in [1.165, 1.54) is 0 Å². The smallest absolute Gasteiger partial charge is 0.229 e. The molecule has 0 radical (unpaired) electrons. The van der Waals surface area contributed by atoms with Crippen molar-refractivity contribution in [2.24, 2.45) is 5.92 Å². The van der Waals surface area contributed by atoms with E-state index in [-0.39, 0.29) is 11.8 Å². The summed E-state index contributed by atoms with van der Waals surface area (Å²) in [7, 11) is 0. The van der Waals surface area contributed by atoms with E-state index in [1.54, 1.807) is 30.6 Å². The largest absolute Gasteiger partial charge is 0.340 e. The first kappa shape index (κ1) is 14.6. The van der Waals surface area contributed by atoms with E-state index < -0.39 is 0 Å². The van der Waals surface area contributed by atoms with E-state index in [0.717, 1.165) is 19.4 Å². The number of hydrogen-bond donors (Lipinski definition) is 1. The van der Waals surface area contributed by atoms with Gasteiger partial charge in [0.25, 0.3) is 0 Å². The van der Waals surface area contributed by atoms with E-state index in [1.807, 2.05) is 11.0 Å². The molecule has 0 saturated carbocycles. The van der Waals surface area contributed by atoms with Crippen LogP contribution in [-0.2, 0) is 4.79 Å². The van der Waals surface area contributed by atoms with Gasteiger partial charge in [-0.05, 0) is 41.4 Å². The molecule has 1 aliphatic heterocycles. The molecular formula is C16H16N6O2. The standard InChI is InChI=1S/C16H16N6O2/c23-15(19-12-5-1-6-13-14(12)21-24-20-13)11-4-2-9-22(10-11)16-17-7-3-8-18-16/h1,3,5-8,11H,2,4,9-10H2,(H,19,23)/t11-/m1/s1. The van der Waals surface area contributed by atoms with Crippen LogP contribution in [0, 0.1) is 5.92 Å². The summed E-state index contributed by atoms with van der Waals surface area (Å²) < 4.78 is 4.73. The molecule has 8 heteroatoms. The zero-order valence-corrected chi connectivity index (χ0v) is 12.9. The molecule has 3 aromatic rings. The Morgan fingerprint density at radius 1 is 1.21 bits per heavy atom. The molecule has 1 N–H and O–H groups in total. The minimum atomic E-state index is -0.127. The van der Waals surface area contributed by atoms with E-state index in [9.17, 15) is 4.79 Å². The van der Waals surface area contributed by atoms with Crippen molar-refractivity contribution >= 4 is 28.6 Å². The van der Waals surface area contributed by atoms with Crippen molar-refractivity contribution in [2.75, 3.05) is 23.3 Å². The lowest BCUT2D eigenvalue weighted by Gasteiger charge is -2.31. The summed E-state index contributed by atoms with van der Waals surface area (Å²) in [5, 5.41) is 10.6. The van der Waals surface area contributed by atoms with E-state index in [0.29, 0.717) is 29.2 Å². The van der Waals surface area contributed by atoms with Crippen LogP contribution in [0.15, 0.2) is 41.3 Å². The van der Waals surface area contributed by atoms with Crippen molar-refractivity contribution in [1.29, 1.82) is 0 Å². The Morgan fingerprint density at radius 3 is 2.96 bits per heavy atom. The third kappa shape index (κ3) is 2.78. The normalized spacial score (nSPS) is 17.8. The first-order valence-corrected chi connectivity index (χ1v) is 7.85. The van der Waals surface area contributed by atoms with Crippen molar-refractivity contribution in [1.82, 2.24) is 20.3 Å². The van der Waals surface area contributed by atoms with Gasteiger partial charge in [-0.3, -0.25) is 4.79 Å². The maximum atomic E-state index is 12.7. The molecule has 0 spiro atoms. The fraction of sp³-hybridized carbons (Fsp3) is 0.312. The van der Waals surface area contributed by atoms with Crippen molar-refractivity contribution in [3.05, 3.63) is 36.7 Å². The van der Waals surface area contributed by atoms with Crippen LogP contribution in [0.3, 0.4) is 0 Å². The number of nitrogens with zero attached hydrogens (tertiary/aromatic N) is 5. The second-order valence-corrected chi connectivity index (χ2v) is 5.76. The molecule has 0 bridgehead atoms. The minimum absolute atomic E-state index is 0.0360. The van der Waals surface area contributed by atoms with Gasteiger partial charge in [0.1, 0.15) is 5.52 Å².